The Bertz CT molecular complexity index is 1040. The third-order valence-electron chi connectivity index (χ3n) is 5.65. The Balaban J connectivity index is 1.86. The number of hydrogen-bond donors (Lipinski definition) is 3. The second kappa shape index (κ2) is 8.93. The standard InChI is InChI=1S/C23H30N4O4/c1-6-8-9-15(3)27(30)22(28)24-20-10-16-14-26(18-11-17(12-18)23(4,5)29)25-19(16)13-21(20)31-7-2/h6,8-10,13-14,17-18,29H,1,7,11-12H2,2-5H3,(H-,24,28,30)/p+1/b9-8-,27-15+/t17-,18+. The number of hydroxylamine groups is 1. The maximum absolute atomic E-state index is 12.5. The minimum atomic E-state index is -0.703. The van der Waals surface area contributed by atoms with Gasteiger partial charge in [-0.2, -0.15) is 15.2 Å². The average molecular weight is 428 g/mol. The van der Waals surface area contributed by atoms with Crippen molar-refractivity contribution < 1.29 is 24.6 Å². The van der Waals surface area contributed by atoms with Crippen molar-refractivity contribution in [3.63, 3.8) is 0 Å². The van der Waals surface area contributed by atoms with Crippen molar-refractivity contribution in [2.24, 2.45) is 5.92 Å². The van der Waals surface area contributed by atoms with Gasteiger partial charge in [-0.25, -0.2) is 0 Å². The Morgan fingerprint density at radius 3 is 2.77 bits per heavy atom. The molecule has 0 saturated heterocycles. The summed E-state index contributed by atoms with van der Waals surface area (Å²) in [6.45, 7) is 11.1. The monoisotopic (exact) mass is 427 g/mol. The first-order valence-corrected chi connectivity index (χ1v) is 10.4. The van der Waals surface area contributed by atoms with E-state index in [1.807, 2.05) is 31.6 Å². The van der Waals surface area contributed by atoms with E-state index < -0.39 is 11.6 Å². The van der Waals surface area contributed by atoms with Gasteiger partial charge in [-0.1, -0.05) is 18.7 Å². The lowest BCUT2D eigenvalue weighted by Gasteiger charge is -2.42. The van der Waals surface area contributed by atoms with Gasteiger partial charge >= 0.3 is 6.03 Å². The summed E-state index contributed by atoms with van der Waals surface area (Å²) in [6, 6.07) is 3.11. The van der Waals surface area contributed by atoms with Crippen molar-refractivity contribution in [2.75, 3.05) is 11.9 Å². The quantitative estimate of drug-likeness (QED) is 0.153. The van der Waals surface area contributed by atoms with Gasteiger partial charge in [-0.05, 0) is 56.4 Å². The fourth-order valence-electron chi connectivity index (χ4n) is 3.62. The fourth-order valence-corrected chi connectivity index (χ4v) is 3.62. The summed E-state index contributed by atoms with van der Waals surface area (Å²) in [5, 5.41) is 28.5. The summed E-state index contributed by atoms with van der Waals surface area (Å²) in [4.78, 5) is 12.5. The first kappa shape index (κ1) is 22.6. The van der Waals surface area contributed by atoms with Crippen molar-refractivity contribution in [3.8, 4) is 5.75 Å². The van der Waals surface area contributed by atoms with E-state index in [4.69, 9.17) is 4.74 Å². The molecule has 31 heavy (non-hydrogen) atoms. The summed E-state index contributed by atoms with van der Waals surface area (Å²) in [6.07, 6.45) is 8.43. The lowest BCUT2D eigenvalue weighted by Crippen LogP contribution is -2.41. The van der Waals surface area contributed by atoms with E-state index >= 15 is 0 Å². The molecule has 1 aliphatic rings. The van der Waals surface area contributed by atoms with Gasteiger partial charge in [-0.3, -0.25) is 4.68 Å². The molecule has 8 nitrogen and oxygen atoms in total. The molecule has 1 saturated carbocycles. The Morgan fingerprint density at radius 1 is 1.45 bits per heavy atom. The SMILES string of the molecule is C=C/C=C\C(C)=[N+](\O)C(=O)Nc1cc2cn([C@H]3C[C@@H](C(C)(C)O)C3)nc2cc1OCC. The highest BCUT2D eigenvalue weighted by Crippen LogP contribution is 2.44. The molecule has 1 heterocycles. The van der Waals surface area contributed by atoms with E-state index in [-0.39, 0.29) is 12.0 Å². The number of nitrogens with zero attached hydrogens (tertiary/aromatic N) is 3. The highest BCUT2D eigenvalue weighted by atomic mass is 16.5. The molecular formula is C23H31N4O4+. The second-order valence-electron chi connectivity index (χ2n) is 8.40. The zero-order valence-electron chi connectivity index (χ0n) is 18.5. The summed E-state index contributed by atoms with van der Waals surface area (Å²) in [5.41, 5.74) is 0.858. The van der Waals surface area contributed by atoms with Crippen LogP contribution < -0.4 is 10.1 Å². The van der Waals surface area contributed by atoms with Crippen LogP contribution in [0.2, 0.25) is 0 Å². The van der Waals surface area contributed by atoms with Gasteiger partial charge < -0.3 is 15.1 Å². The van der Waals surface area contributed by atoms with E-state index in [9.17, 15) is 15.1 Å². The lowest BCUT2D eigenvalue weighted by molar-refractivity contribution is -0.696. The van der Waals surface area contributed by atoms with Gasteiger partial charge in [0.05, 0.1) is 23.8 Å². The van der Waals surface area contributed by atoms with Crippen LogP contribution in [0, 0.1) is 5.92 Å². The average Bonchev–Trinajstić information content (AvgIpc) is 3.05. The molecule has 0 spiro atoms. The van der Waals surface area contributed by atoms with Crippen molar-refractivity contribution >= 4 is 28.3 Å². The first-order chi connectivity index (χ1) is 14.6. The minimum Gasteiger partial charge on any atom is -0.489 e. The molecule has 2 amide bonds. The fraction of sp³-hybridized carbons (Fsp3) is 0.435. The number of amides is 2. The van der Waals surface area contributed by atoms with Crippen molar-refractivity contribution in [1.29, 1.82) is 0 Å². The summed E-state index contributed by atoms with van der Waals surface area (Å²) in [5.74, 6) is 0.730. The number of rotatable bonds is 7. The van der Waals surface area contributed by atoms with E-state index in [0.29, 0.717) is 28.5 Å². The van der Waals surface area contributed by atoms with Crippen LogP contribution in [0.1, 0.15) is 46.6 Å². The van der Waals surface area contributed by atoms with E-state index in [1.54, 1.807) is 37.3 Å². The van der Waals surface area contributed by atoms with Crippen LogP contribution >= 0.6 is 0 Å². The number of urea groups is 1. The zero-order chi connectivity index (χ0) is 22.8. The van der Waals surface area contributed by atoms with Gasteiger partial charge in [0.25, 0.3) is 0 Å². The number of hydrogen-bond acceptors (Lipinski definition) is 5. The molecule has 166 valence electrons. The van der Waals surface area contributed by atoms with Gasteiger partial charge in [-0.15, -0.1) is 0 Å². The number of carbonyl (C=O) groups is 1. The lowest BCUT2D eigenvalue weighted by atomic mass is 9.71. The van der Waals surface area contributed by atoms with Crippen LogP contribution in [0.3, 0.4) is 0 Å². The molecule has 1 aromatic heterocycles. The van der Waals surface area contributed by atoms with Crippen LogP contribution in [0.25, 0.3) is 10.9 Å². The smallest absolute Gasteiger partial charge is 0.489 e. The van der Waals surface area contributed by atoms with Crippen molar-refractivity contribution in [2.45, 2.75) is 52.2 Å². The van der Waals surface area contributed by atoms with Gasteiger partial charge in [0, 0.05) is 24.6 Å². The molecule has 8 heteroatoms. The van der Waals surface area contributed by atoms with Crippen LogP contribution in [-0.2, 0) is 0 Å². The third kappa shape index (κ3) is 4.96. The highest BCUT2D eigenvalue weighted by Gasteiger charge is 2.40. The van der Waals surface area contributed by atoms with Crippen LogP contribution in [0.5, 0.6) is 5.75 Å². The van der Waals surface area contributed by atoms with Gasteiger partial charge in [0.1, 0.15) is 0 Å². The largest absolute Gasteiger partial charge is 0.535 e. The minimum absolute atomic E-state index is 0.235. The predicted octanol–water partition coefficient (Wildman–Crippen LogP) is 4.29. The molecule has 1 aromatic carbocycles. The Kier molecular flexibility index (Phi) is 6.50. The number of fused-ring (bicyclic) bond motifs is 1. The Morgan fingerprint density at radius 2 is 2.16 bits per heavy atom. The molecule has 1 fully saturated rings. The number of nitrogens with one attached hydrogen (secondary N) is 1. The normalized spacial score (nSPS) is 19.8. The van der Waals surface area contributed by atoms with Crippen LogP contribution in [0.4, 0.5) is 10.5 Å². The molecule has 0 unspecified atom stereocenters. The predicted molar refractivity (Wildman–Crippen MR) is 120 cm³/mol. The number of allylic oxidation sites excluding steroid dienone is 3. The highest BCUT2D eigenvalue weighted by molar-refractivity contribution is 5.97. The summed E-state index contributed by atoms with van der Waals surface area (Å²) in [7, 11) is 0. The number of carbonyl (C=O) groups excluding carboxylic acids is 1. The molecule has 0 aliphatic heterocycles. The van der Waals surface area contributed by atoms with Crippen molar-refractivity contribution in [1.82, 2.24) is 9.78 Å². The molecule has 3 N–H and O–H groups in total. The Labute approximate surface area is 182 Å². The van der Waals surface area contributed by atoms with E-state index in [1.165, 1.54) is 0 Å². The number of aliphatic hydroxyl groups is 1. The number of aromatic nitrogens is 2. The maximum atomic E-state index is 12.5. The Hall–Kier alpha value is -3.13. The molecule has 0 bridgehead atoms. The van der Waals surface area contributed by atoms with E-state index in [0.717, 1.165) is 23.7 Å². The molecule has 2 aromatic rings. The number of benzene rings is 1. The molecule has 0 radical (unpaired) electrons. The molecule has 3 rings (SSSR count). The van der Waals surface area contributed by atoms with Gasteiger partial charge in [0.15, 0.2) is 17.1 Å². The maximum Gasteiger partial charge on any atom is 0.535 e. The topological polar surface area (TPSA) is 99.6 Å². The third-order valence-corrected chi connectivity index (χ3v) is 5.65. The van der Waals surface area contributed by atoms with Crippen LogP contribution in [0.15, 0.2) is 43.1 Å². The van der Waals surface area contributed by atoms with Gasteiger partial charge in [0.2, 0.25) is 0 Å². The summed E-state index contributed by atoms with van der Waals surface area (Å²) < 4.78 is 8.15. The first-order valence-electron chi connectivity index (χ1n) is 10.4. The number of ether oxygens (including phenoxy) is 1. The van der Waals surface area contributed by atoms with E-state index in [2.05, 4.69) is 17.0 Å². The summed E-state index contributed by atoms with van der Waals surface area (Å²) >= 11 is 0. The molecular weight excluding hydrogens is 396 g/mol. The molecule has 0 atom stereocenters. The van der Waals surface area contributed by atoms with Crippen LogP contribution in [-0.4, -0.2) is 48.8 Å². The molecule has 1 aliphatic carbocycles. The van der Waals surface area contributed by atoms with Crippen molar-refractivity contribution in [3.05, 3.63) is 43.1 Å². The second-order valence-corrected chi connectivity index (χ2v) is 8.40. The number of anilines is 1. The zero-order valence-corrected chi connectivity index (χ0v) is 18.5.